The lowest BCUT2D eigenvalue weighted by atomic mass is 9.89. The summed E-state index contributed by atoms with van der Waals surface area (Å²) in [7, 11) is 1.68. The van der Waals surface area contributed by atoms with Gasteiger partial charge in [0.25, 0.3) is 0 Å². The maximum absolute atomic E-state index is 11.4. The van der Waals surface area contributed by atoms with Crippen LogP contribution in [0.15, 0.2) is 97.4 Å². The molecule has 1 aromatic heterocycles. The summed E-state index contributed by atoms with van der Waals surface area (Å²) in [6.07, 6.45) is 13.9. The molecule has 38 heavy (non-hydrogen) atoms. The molecule has 1 aliphatic carbocycles. The number of ether oxygens (including phenoxy) is 1. The molecule has 0 aliphatic heterocycles. The van der Waals surface area contributed by atoms with Crippen LogP contribution >= 0.6 is 0 Å². The van der Waals surface area contributed by atoms with E-state index in [4.69, 9.17) is 9.72 Å². The number of hydrogen-bond donors (Lipinski definition) is 3. The number of nitrogens with one attached hydrogen (secondary N) is 2. The number of carbonyl (C=O) groups is 1. The summed E-state index contributed by atoms with van der Waals surface area (Å²) in [5.74, 6) is 0.899. The van der Waals surface area contributed by atoms with Gasteiger partial charge in [0, 0.05) is 41.1 Å². The number of aromatic nitrogens is 2. The molecule has 1 aliphatic rings. The minimum atomic E-state index is -0.893. The van der Waals surface area contributed by atoms with E-state index < -0.39 is 17.6 Å². The molecule has 4 aromatic rings. The second kappa shape index (κ2) is 10.8. The number of aliphatic carboxylic acids is 1. The Bertz CT molecular complexity index is 1510. The highest BCUT2D eigenvalue weighted by atomic mass is 16.5. The van der Waals surface area contributed by atoms with Crippen LogP contribution in [0.1, 0.15) is 24.7 Å². The van der Waals surface area contributed by atoms with Gasteiger partial charge in [-0.2, -0.15) is 0 Å². The Balaban J connectivity index is 1.48. The fraction of sp³-hybridized carbons (Fsp3) is 0.226. The average Bonchev–Trinajstić information content (AvgIpc) is 3.43. The topological polar surface area (TPSA) is 88.4 Å². The van der Waals surface area contributed by atoms with E-state index in [-0.39, 0.29) is 0 Å². The van der Waals surface area contributed by atoms with Crippen LogP contribution < -0.4 is 15.4 Å². The fourth-order valence-corrected chi connectivity index (χ4v) is 4.96. The molecule has 0 fully saturated rings. The van der Waals surface area contributed by atoms with Crippen molar-refractivity contribution in [3.8, 4) is 5.75 Å². The van der Waals surface area contributed by atoms with Crippen molar-refractivity contribution in [3.63, 3.8) is 0 Å². The highest BCUT2D eigenvalue weighted by molar-refractivity contribution is 6.02. The molecule has 0 bridgehead atoms. The molecule has 7 heteroatoms. The summed E-state index contributed by atoms with van der Waals surface area (Å²) < 4.78 is 7.60. The average molecular weight is 509 g/mol. The number of nitrogens with zero attached hydrogens (tertiary/aromatic N) is 2. The fourth-order valence-electron chi connectivity index (χ4n) is 4.96. The highest BCUT2D eigenvalue weighted by Gasteiger charge is 2.34. The molecule has 0 saturated carbocycles. The van der Waals surface area contributed by atoms with Crippen LogP contribution in [0.5, 0.6) is 5.75 Å². The summed E-state index contributed by atoms with van der Waals surface area (Å²) >= 11 is 0. The maximum atomic E-state index is 11.4. The van der Waals surface area contributed by atoms with Crippen LogP contribution in [0.25, 0.3) is 10.8 Å². The summed E-state index contributed by atoms with van der Waals surface area (Å²) in [6, 6.07) is 19.4. The summed E-state index contributed by atoms with van der Waals surface area (Å²) in [5, 5.41) is 18.3. The van der Waals surface area contributed by atoms with Crippen molar-refractivity contribution in [1.29, 1.82) is 0 Å². The Morgan fingerprint density at radius 1 is 1.11 bits per heavy atom. The second-order valence-electron chi connectivity index (χ2n) is 9.54. The first-order valence-electron chi connectivity index (χ1n) is 12.8. The van der Waals surface area contributed by atoms with Crippen LogP contribution in [-0.4, -0.2) is 33.8 Å². The Hall–Kier alpha value is -4.52. The lowest BCUT2D eigenvalue weighted by molar-refractivity contribution is -0.137. The monoisotopic (exact) mass is 508 g/mol. The smallest absolute Gasteiger partial charge is 0.325 e. The number of carboxylic acid groups (broad SMARTS) is 1. The van der Waals surface area contributed by atoms with E-state index >= 15 is 0 Å². The van der Waals surface area contributed by atoms with Crippen LogP contribution in [0, 0.1) is 0 Å². The van der Waals surface area contributed by atoms with Crippen molar-refractivity contribution < 1.29 is 14.6 Å². The van der Waals surface area contributed by atoms with Crippen LogP contribution in [0.3, 0.4) is 0 Å². The molecule has 1 heterocycles. The molecule has 3 N–H and O–H groups in total. The van der Waals surface area contributed by atoms with Crippen molar-refractivity contribution in [2.75, 3.05) is 17.7 Å². The SMILES string of the molecule is COc1cccc(CCn2ccnc2C2(Nc3ccc(NC(C)C(=O)O)c4ccccc34)C=CC=CC2)c1. The van der Waals surface area contributed by atoms with Gasteiger partial charge in [-0.05, 0) is 49.6 Å². The molecule has 0 amide bonds. The predicted octanol–water partition coefficient (Wildman–Crippen LogP) is 6.00. The van der Waals surface area contributed by atoms with Crippen molar-refractivity contribution >= 4 is 28.1 Å². The van der Waals surface area contributed by atoms with Gasteiger partial charge in [0.1, 0.15) is 23.2 Å². The molecule has 194 valence electrons. The van der Waals surface area contributed by atoms with Crippen LogP contribution in [0.2, 0.25) is 0 Å². The number of imidazole rings is 1. The van der Waals surface area contributed by atoms with Gasteiger partial charge >= 0.3 is 5.97 Å². The lowest BCUT2D eigenvalue weighted by Gasteiger charge is -2.34. The van der Waals surface area contributed by atoms with E-state index in [0.717, 1.165) is 53.1 Å². The molecule has 3 aromatic carbocycles. The Labute approximate surface area is 222 Å². The van der Waals surface area contributed by atoms with Gasteiger partial charge in [0.15, 0.2) is 0 Å². The normalized spacial score (nSPS) is 17.3. The minimum absolute atomic E-state index is 0.543. The first kappa shape index (κ1) is 25.1. The van der Waals surface area contributed by atoms with Crippen molar-refractivity contribution in [2.24, 2.45) is 0 Å². The predicted molar refractivity (Wildman–Crippen MR) is 152 cm³/mol. The number of anilines is 2. The number of hydrogen-bond acceptors (Lipinski definition) is 5. The zero-order valence-corrected chi connectivity index (χ0v) is 21.6. The Kier molecular flexibility index (Phi) is 7.18. The van der Waals surface area contributed by atoms with Crippen LogP contribution in [-0.2, 0) is 23.3 Å². The van der Waals surface area contributed by atoms with Crippen LogP contribution in [0.4, 0.5) is 11.4 Å². The van der Waals surface area contributed by atoms with Gasteiger partial charge in [-0.25, -0.2) is 4.98 Å². The van der Waals surface area contributed by atoms with Gasteiger partial charge in [0.2, 0.25) is 0 Å². The zero-order chi connectivity index (χ0) is 26.5. The van der Waals surface area contributed by atoms with E-state index in [1.807, 2.05) is 54.9 Å². The standard InChI is InChI=1S/C31H32N4O3/c1-22(29(36)37)33-27-13-14-28(26-12-5-4-11-25(26)27)34-31(16-6-3-7-17-31)30-32-18-20-35(30)19-15-23-9-8-10-24(21-23)38-2/h3-14,16,18,20-22,33-34H,15,17,19H2,1-2H3,(H,36,37). The highest BCUT2D eigenvalue weighted by Crippen LogP contribution is 2.38. The Morgan fingerprint density at radius 3 is 2.63 bits per heavy atom. The number of methoxy groups -OCH3 is 1. The molecular formula is C31H32N4O3. The first-order valence-corrected chi connectivity index (χ1v) is 12.8. The third-order valence-electron chi connectivity index (χ3n) is 6.98. The van der Waals surface area contributed by atoms with E-state index in [2.05, 4.69) is 57.7 Å². The van der Waals surface area contributed by atoms with Gasteiger partial charge in [0.05, 0.1) is 7.11 Å². The number of benzene rings is 3. The van der Waals surface area contributed by atoms with Gasteiger partial charge in [-0.3, -0.25) is 4.79 Å². The summed E-state index contributed by atoms with van der Waals surface area (Å²) in [5.41, 5.74) is 2.40. The van der Waals surface area contributed by atoms with Crippen molar-refractivity contribution in [1.82, 2.24) is 9.55 Å². The number of carboxylic acids is 1. The second-order valence-corrected chi connectivity index (χ2v) is 9.54. The summed E-state index contributed by atoms with van der Waals surface area (Å²) in [4.78, 5) is 16.3. The maximum Gasteiger partial charge on any atom is 0.325 e. The molecule has 7 nitrogen and oxygen atoms in total. The van der Waals surface area contributed by atoms with Gasteiger partial charge < -0.3 is 25.0 Å². The first-order chi connectivity index (χ1) is 18.5. The molecule has 0 radical (unpaired) electrons. The number of aryl methyl sites for hydroxylation is 2. The van der Waals surface area contributed by atoms with Crippen molar-refractivity contribution in [3.05, 3.63) is 109 Å². The Morgan fingerprint density at radius 2 is 1.89 bits per heavy atom. The third-order valence-corrected chi connectivity index (χ3v) is 6.98. The molecule has 0 spiro atoms. The lowest BCUT2D eigenvalue weighted by Crippen LogP contribution is -2.37. The van der Waals surface area contributed by atoms with Gasteiger partial charge in [-0.15, -0.1) is 0 Å². The number of allylic oxidation sites excluding steroid dienone is 2. The minimum Gasteiger partial charge on any atom is -0.497 e. The molecule has 5 rings (SSSR count). The number of rotatable bonds is 10. The summed E-state index contributed by atoms with van der Waals surface area (Å²) in [6.45, 7) is 2.42. The molecule has 2 atom stereocenters. The largest absolute Gasteiger partial charge is 0.497 e. The van der Waals surface area contributed by atoms with E-state index in [1.54, 1.807) is 14.0 Å². The van der Waals surface area contributed by atoms with E-state index in [1.165, 1.54) is 5.56 Å². The van der Waals surface area contributed by atoms with Gasteiger partial charge in [-0.1, -0.05) is 60.7 Å². The zero-order valence-electron chi connectivity index (χ0n) is 21.6. The number of fused-ring (bicyclic) bond motifs is 1. The molecule has 2 unspecified atom stereocenters. The van der Waals surface area contributed by atoms with E-state index in [0.29, 0.717) is 0 Å². The van der Waals surface area contributed by atoms with E-state index in [9.17, 15) is 9.90 Å². The molecule has 0 saturated heterocycles. The van der Waals surface area contributed by atoms with Crippen molar-refractivity contribution in [2.45, 2.75) is 37.9 Å². The third kappa shape index (κ3) is 5.13. The quantitative estimate of drug-likeness (QED) is 0.244. The molecular weight excluding hydrogens is 476 g/mol.